The van der Waals surface area contributed by atoms with Crippen molar-refractivity contribution in [1.29, 1.82) is 0 Å². The van der Waals surface area contributed by atoms with Gasteiger partial charge in [0, 0.05) is 24.6 Å². The van der Waals surface area contributed by atoms with Crippen LogP contribution in [0.5, 0.6) is 0 Å². The average molecular weight is 371 g/mol. The van der Waals surface area contributed by atoms with Gasteiger partial charge in [-0.3, -0.25) is 14.6 Å². The van der Waals surface area contributed by atoms with Gasteiger partial charge in [0.2, 0.25) is 11.8 Å². The highest BCUT2D eigenvalue weighted by Crippen LogP contribution is 2.26. The van der Waals surface area contributed by atoms with E-state index in [9.17, 15) is 9.59 Å². The summed E-state index contributed by atoms with van der Waals surface area (Å²) < 4.78 is 5.04. The summed E-state index contributed by atoms with van der Waals surface area (Å²) in [4.78, 5) is 28.9. The molecule has 2 aromatic carbocycles. The number of carbonyl (C=O) groups is 2. The molecular weight excluding hydrogens is 350 g/mol. The van der Waals surface area contributed by atoms with Gasteiger partial charge in [0.15, 0.2) is 5.17 Å². The predicted octanol–water partition coefficient (Wildman–Crippen LogP) is 2.79. The highest BCUT2D eigenvalue weighted by molar-refractivity contribution is 8.15. The Morgan fingerprint density at radius 3 is 2.88 bits per heavy atom. The van der Waals surface area contributed by atoms with Gasteiger partial charge in [0.25, 0.3) is 0 Å². The number of nitrogens with zero attached hydrogens (tertiary/aromatic N) is 1. The van der Waals surface area contributed by atoms with Gasteiger partial charge in [-0.2, -0.15) is 0 Å². The quantitative estimate of drug-likeness (QED) is 0.818. The minimum atomic E-state index is -0.474. The third kappa shape index (κ3) is 4.42. The first-order valence-electron chi connectivity index (χ1n) is 8.38. The molecule has 1 fully saturated rings. The molecule has 0 bridgehead atoms. The third-order valence-corrected chi connectivity index (χ3v) is 5.05. The van der Waals surface area contributed by atoms with Crippen LogP contribution in [-0.4, -0.2) is 42.0 Å². The van der Waals surface area contributed by atoms with Crippen LogP contribution in [0.2, 0.25) is 0 Å². The number of hydrogen-bond donors (Lipinski definition) is 2. The zero-order valence-electron chi connectivity index (χ0n) is 14.7. The van der Waals surface area contributed by atoms with Crippen LogP contribution in [0.1, 0.15) is 13.3 Å². The Kier molecular flexibility index (Phi) is 5.90. The van der Waals surface area contributed by atoms with Gasteiger partial charge in [-0.25, -0.2) is 0 Å². The van der Waals surface area contributed by atoms with Crippen LogP contribution in [0.3, 0.4) is 0 Å². The Hall–Kier alpha value is -2.38. The second-order valence-electron chi connectivity index (χ2n) is 6.11. The van der Waals surface area contributed by atoms with Crippen molar-refractivity contribution in [1.82, 2.24) is 5.32 Å². The molecule has 0 aliphatic carbocycles. The Labute approximate surface area is 156 Å². The molecule has 2 amide bonds. The maximum Gasteiger partial charge on any atom is 0.240 e. The summed E-state index contributed by atoms with van der Waals surface area (Å²) in [6, 6.07) is 13.6. The molecule has 0 aromatic heterocycles. The van der Waals surface area contributed by atoms with Gasteiger partial charge >= 0.3 is 0 Å². The number of anilines is 1. The molecular formula is C19H21N3O3S. The Balaban J connectivity index is 1.64. The molecule has 2 N–H and O–H groups in total. The van der Waals surface area contributed by atoms with Crippen molar-refractivity contribution in [3.05, 3.63) is 42.5 Å². The summed E-state index contributed by atoms with van der Waals surface area (Å²) in [7, 11) is 1.61. The monoisotopic (exact) mass is 371 g/mol. The smallest absolute Gasteiger partial charge is 0.240 e. The molecule has 2 aromatic rings. The minimum absolute atomic E-state index is 0.0499. The molecule has 3 rings (SSSR count). The van der Waals surface area contributed by atoms with Gasteiger partial charge in [0.1, 0.15) is 5.25 Å². The first kappa shape index (κ1) is 18.4. The van der Waals surface area contributed by atoms with Gasteiger partial charge in [0.05, 0.1) is 12.6 Å². The molecule has 1 saturated heterocycles. The van der Waals surface area contributed by atoms with Crippen LogP contribution in [0, 0.1) is 0 Å². The first-order valence-corrected chi connectivity index (χ1v) is 9.26. The highest BCUT2D eigenvalue weighted by Gasteiger charge is 2.32. The summed E-state index contributed by atoms with van der Waals surface area (Å²) in [5, 5.41) is 7.75. The number of methoxy groups -OCH3 is 1. The average Bonchev–Trinajstić information content (AvgIpc) is 2.94. The standard InChI is InChI=1S/C19H21N3O3S/c1-12(11-25-2)20-19-22-18(24)16(26-19)10-17(23)21-15-9-5-7-13-6-3-4-8-14(13)15/h3-9,12,16H,10-11H2,1-2H3,(H,21,23)(H,20,22,24). The second-order valence-corrected chi connectivity index (χ2v) is 7.30. The van der Waals surface area contributed by atoms with E-state index in [0.29, 0.717) is 11.8 Å². The number of fused-ring (bicyclic) bond motifs is 1. The SMILES string of the molecule is COCC(C)N=C1NC(=O)C(CC(=O)Nc2cccc3ccccc23)S1. The number of amides is 2. The fourth-order valence-electron chi connectivity index (χ4n) is 2.78. The lowest BCUT2D eigenvalue weighted by Crippen LogP contribution is -2.28. The Morgan fingerprint density at radius 2 is 2.08 bits per heavy atom. The zero-order chi connectivity index (χ0) is 18.5. The molecule has 1 heterocycles. The zero-order valence-corrected chi connectivity index (χ0v) is 15.5. The molecule has 1 aliphatic rings. The molecule has 6 nitrogen and oxygen atoms in total. The first-order chi connectivity index (χ1) is 12.6. The van der Waals surface area contributed by atoms with Gasteiger partial charge < -0.3 is 15.4 Å². The number of rotatable bonds is 6. The normalized spacial score (nSPS) is 19.5. The Bertz CT molecular complexity index is 848. The van der Waals surface area contributed by atoms with Crippen molar-refractivity contribution in [2.75, 3.05) is 19.0 Å². The summed E-state index contributed by atoms with van der Waals surface area (Å²) in [6.45, 7) is 2.38. The van der Waals surface area contributed by atoms with E-state index >= 15 is 0 Å². The number of carbonyl (C=O) groups excluding carboxylic acids is 2. The lowest BCUT2D eigenvalue weighted by atomic mass is 10.1. The number of nitrogens with one attached hydrogen (secondary N) is 2. The van der Waals surface area contributed by atoms with E-state index in [4.69, 9.17) is 4.74 Å². The summed E-state index contributed by atoms with van der Waals surface area (Å²) in [6.07, 6.45) is 0.0946. The number of aliphatic imine (C=N–C) groups is 1. The molecule has 26 heavy (non-hydrogen) atoms. The van der Waals surface area contributed by atoms with Crippen LogP contribution < -0.4 is 10.6 Å². The lowest BCUT2D eigenvalue weighted by molar-refractivity contribution is -0.122. The predicted molar refractivity (Wildman–Crippen MR) is 105 cm³/mol. The van der Waals surface area contributed by atoms with E-state index < -0.39 is 5.25 Å². The van der Waals surface area contributed by atoms with Crippen molar-refractivity contribution in [2.24, 2.45) is 4.99 Å². The van der Waals surface area contributed by atoms with Crippen LogP contribution in [0.15, 0.2) is 47.5 Å². The van der Waals surface area contributed by atoms with E-state index in [1.807, 2.05) is 49.4 Å². The maximum atomic E-state index is 12.4. The maximum absolute atomic E-state index is 12.4. The van der Waals surface area contributed by atoms with E-state index in [0.717, 1.165) is 16.5 Å². The minimum Gasteiger partial charge on any atom is -0.382 e. The van der Waals surface area contributed by atoms with E-state index in [1.54, 1.807) is 7.11 Å². The Morgan fingerprint density at radius 1 is 1.31 bits per heavy atom. The molecule has 0 spiro atoms. The molecule has 1 aliphatic heterocycles. The number of amidine groups is 1. The molecule has 0 radical (unpaired) electrons. The molecule has 2 unspecified atom stereocenters. The number of thioether (sulfide) groups is 1. The topological polar surface area (TPSA) is 79.8 Å². The van der Waals surface area contributed by atoms with Crippen LogP contribution in [-0.2, 0) is 14.3 Å². The van der Waals surface area contributed by atoms with Crippen LogP contribution in [0.4, 0.5) is 5.69 Å². The van der Waals surface area contributed by atoms with Gasteiger partial charge in [-0.15, -0.1) is 0 Å². The molecule has 7 heteroatoms. The van der Waals surface area contributed by atoms with Crippen LogP contribution in [0.25, 0.3) is 10.8 Å². The molecule has 136 valence electrons. The fraction of sp³-hybridized carbons (Fsp3) is 0.316. The van der Waals surface area contributed by atoms with Crippen molar-refractivity contribution >= 4 is 45.2 Å². The number of hydrogen-bond acceptors (Lipinski definition) is 5. The van der Waals surface area contributed by atoms with E-state index in [-0.39, 0.29) is 24.3 Å². The summed E-state index contributed by atoms with van der Waals surface area (Å²) >= 11 is 1.29. The van der Waals surface area contributed by atoms with Crippen LogP contribution >= 0.6 is 11.8 Å². The van der Waals surface area contributed by atoms with Crippen molar-refractivity contribution in [3.8, 4) is 0 Å². The summed E-state index contributed by atoms with van der Waals surface area (Å²) in [5.74, 6) is -0.383. The number of benzene rings is 2. The number of ether oxygens (including phenoxy) is 1. The second kappa shape index (κ2) is 8.33. The van der Waals surface area contributed by atoms with Gasteiger partial charge in [-0.1, -0.05) is 48.2 Å². The third-order valence-electron chi connectivity index (χ3n) is 3.96. The van der Waals surface area contributed by atoms with Gasteiger partial charge in [-0.05, 0) is 18.4 Å². The molecule has 0 saturated carbocycles. The lowest BCUT2D eigenvalue weighted by Gasteiger charge is -2.10. The van der Waals surface area contributed by atoms with Crippen molar-refractivity contribution in [2.45, 2.75) is 24.6 Å². The molecule has 2 atom stereocenters. The van der Waals surface area contributed by atoms with E-state index in [1.165, 1.54) is 11.8 Å². The van der Waals surface area contributed by atoms with E-state index in [2.05, 4.69) is 15.6 Å². The summed E-state index contributed by atoms with van der Waals surface area (Å²) in [5.41, 5.74) is 0.749. The van der Waals surface area contributed by atoms with Crippen molar-refractivity contribution in [3.63, 3.8) is 0 Å². The highest BCUT2D eigenvalue weighted by atomic mass is 32.2. The largest absolute Gasteiger partial charge is 0.382 e. The van der Waals surface area contributed by atoms with Crippen molar-refractivity contribution < 1.29 is 14.3 Å². The fourth-order valence-corrected chi connectivity index (χ4v) is 3.85.